The number of carboxylic acids is 1. The Morgan fingerprint density at radius 2 is 1.68 bits per heavy atom. The minimum absolute atomic E-state index is 0.0224. The number of hydrogen-bond acceptors (Lipinski definition) is 6. The lowest BCUT2D eigenvalue weighted by Crippen LogP contribution is -2.61. The summed E-state index contributed by atoms with van der Waals surface area (Å²) in [5, 5.41) is 17.2. The molecular weight excluding hydrogens is 613 g/mol. The molecule has 4 aliphatic rings. The van der Waals surface area contributed by atoms with Gasteiger partial charge in [0.05, 0.1) is 6.04 Å². The number of hydrogen-bond donors (Lipinski definition) is 5. The topological polar surface area (TPSA) is 188 Å². The average molecular weight is 649 g/mol. The van der Waals surface area contributed by atoms with Crippen LogP contribution in [0.1, 0.15) is 37.3 Å². The maximum Gasteiger partial charge on any atom is 0.330 e. The lowest BCUT2D eigenvalue weighted by Gasteiger charge is -2.35. The van der Waals surface area contributed by atoms with Crippen LogP contribution in [-0.4, -0.2) is 80.6 Å². The Hall–Kier alpha value is -3.64. The first-order valence-electron chi connectivity index (χ1n) is 14.5. The van der Waals surface area contributed by atoms with Gasteiger partial charge >= 0.3 is 12.0 Å². The van der Waals surface area contributed by atoms with Crippen molar-refractivity contribution < 1.29 is 33.9 Å². The number of ketones is 1. The molecule has 0 bridgehead atoms. The molecule has 0 radical (unpaired) electrons. The third-order valence-electron chi connectivity index (χ3n) is 9.15. The molecule has 1 aromatic carbocycles. The highest BCUT2D eigenvalue weighted by atomic mass is 35.5. The molecule has 3 aliphatic carbocycles. The summed E-state index contributed by atoms with van der Waals surface area (Å²) in [6.07, 6.45) is 2.87. The van der Waals surface area contributed by atoms with Gasteiger partial charge < -0.3 is 31.7 Å². The SMILES string of the molecule is C=C(C)[C@H](NC(=O)N[C@H](C(=O)N1C[C@H]2[C@@H]([C@H]1C(=O)NC(CC1CC1)C(=O)C(N)=O)C2(Cl)Cl)C1Cc2ccccc2C1)C(=O)O. The zero-order valence-electron chi connectivity index (χ0n) is 24.1. The van der Waals surface area contributed by atoms with Crippen molar-refractivity contribution >= 4 is 58.7 Å². The number of carbonyl (C=O) groups excluding carboxylic acids is 5. The number of urea groups is 1. The van der Waals surface area contributed by atoms with Crippen molar-refractivity contribution in [3.8, 4) is 0 Å². The largest absolute Gasteiger partial charge is 0.479 e. The Balaban J connectivity index is 1.40. The van der Waals surface area contributed by atoms with Crippen LogP contribution in [0.25, 0.3) is 0 Å². The molecule has 6 N–H and O–H groups in total. The number of halogens is 2. The van der Waals surface area contributed by atoms with Crippen LogP contribution in [0.4, 0.5) is 4.79 Å². The highest BCUT2D eigenvalue weighted by Crippen LogP contribution is 2.65. The second-order valence-corrected chi connectivity index (χ2v) is 13.8. The number of carboxylic acid groups (broad SMARTS) is 1. The summed E-state index contributed by atoms with van der Waals surface area (Å²) >= 11 is 13.0. The Kier molecular flexibility index (Phi) is 8.69. The Bertz CT molecular complexity index is 1390. The summed E-state index contributed by atoms with van der Waals surface area (Å²) in [6.45, 7) is 5.10. The van der Waals surface area contributed by atoms with Crippen LogP contribution in [0, 0.1) is 23.7 Å². The van der Waals surface area contributed by atoms with Crippen LogP contribution in [0.5, 0.6) is 0 Å². The highest BCUT2D eigenvalue weighted by molar-refractivity contribution is 6.51. The van der Waals surface area contributed by atoms with Gasteiger partial charge in [-0.2, -0.15) is 0 Å². The normalized spacial score (nSPS) is 25.1. The Labute approximate surface area is 264 Å². The summed E-state index contributed by atoms with van der Waals surface area (Å²) in [6, 6.07) is 1.87. The van der Waals surface area contributed by atoms with Crippen molar-refractivity contribution in [1.29, 1.82) is 0 Å². The van der Waals surface area contributed by atoms with E-state index in [4.69, 9.17) is 28.9 Å². The van der Waals surface area contributed by atoms with Crippen LogP contribution in [-0.2, 0) is 36.8 Å². The van der Waals surface area contributed by atoms with Gasteiger partial charge in [0.25, 0.3) is 5.91 Å². The second kappa shape index (κ2) is 12.0. The first kappa shape index (κ1) is 31.8. The summed E-state index contributed by atoms with van der Waals surface area (Å²) < 4.78 is -1.28. The number of carbonyl (C=O) groups is 6. The molecule has 5 amide bonds. The molecule has 12 nitrogen and oxygen atoms in total. The third-order valence-corrected chi connectivity index (χ3v) is 10.2. The van der Waals surface area contributed by atoms with Crippen molar-refractivity contribution in [1.82, 2.24) is 20.9 Å². The van der Waals surface area contributed by atoms with Crippen molar-refractivity contribution in [3.05, 3.63) is 47.5 Å². The van der Waals surface area contributed by atoms with E-state index in [0.29, 0.717) is 12.8 Å². The number of nitrogens with one attached hydrogen (secondary N) is 3. The molecule has 44 heavy (non-hydrogen) atoms. The average Bonchev–Trinajstić information content (AvgIpc) is 3.71. The number of nitrogens with two attached hydrogens (primary N) is 1. The van der Waals surface area contributed by atoms with E-state index in [-0.39, 0.29) is 24.5 Å². The van der Waals surface area contributed by atoms with Crippen molar-refractivity contribution in [2.75, 3.05) is 6.54 Å². The van der Waals surface area contributed by atoms with Gasteiger partial charge in [0.15, 0.2) is 0 Å². The minimum Gasteiger partial charge on any atom is -0.479 e. The van der Waals surface area contributed by atoms with E-state index in [1.165, 1.54) is 11.8 Å². The number of nitrogens with zero attached hydrogens (tertiary/aromatic N) is 1. The summed E-state index contributed by atoms with van der Waals surface area (Å²) in [7, 11) is 0. The maximum atomic E-state index is 14.3. The molecule has 1 aliphatic heterocycles. The van der Waals surface area contributed by atoms with E-state index in [9.17, 15) is 33.9 Å². The van der Waals surface area contributed by atoms with Gasteiger partial charge in [-0.15, -0.1) is 23.2 Å². The van der Waals surface area contributed by atoms with Gasteiger partial charge in [0.2, 0.25) is 17.6 Å². The van der Waals surface area contributed by atoms with E-state index < -0.39 is 81.8 Å². The molecule has 14 heteroatoms. The molecule has 5 rings (SSSR count). The molecule has 1 unspecified atom stereocenters. The number of likely N-dealkylation sites (tertiary alicyclic amines) is 1. The molecule has 1 aromatic rings. The molecular formula is C30H35Cl2N5O7. The molecule has 2 saturated carbocycles. The molecule has 236 valence electrons. The lowest BCUT2D eigenvalue weighted by atomic mass is 9.94. The van der Waals surface area contributed by atoms with Gasteiger partial charge in [0.1, 0.15) is 22.5 Å². The molecule has 0 aromatic heterocycles. The zero-order valence-corrected chi connectivity index (χ0v) is 25.6. The third kappa shape index (κ3) is 6.28. The number of amides is 5. The number of rotatable bonds is 12. The number of primary amides is 1. The Morgan fingerprint density at radius 1 is 1.07 bits per heavy atom. The molecule has 3 fully saturated rings. The van der Waals surface area contributed by atoms with Gasteiger partial charge in [0, 0.05) is 18.4 Å². The number of piperidine rings is 1. The molecule has 6 atom stereocenters. The number of alkyl halides is 2. The van der Waals surface area contributed by atoms with E-state index in [2.05, 4.69) is 22.5 Å². The van der Waals surface area contributed by atoms with Crippen LogP contribution in [0.2, 0.25) is 0 Å². The first-order valence-corrected chi connectivity index (χ1v) is 15.3. The van der Waals surface area contributed by atoms with Gasteiger partial charge in [-0.3, -0.25) is 19.2 Å². The summed E-state index contributed by atoms with van der Waals surface area (Å²) in [5.41, 5.74) is 7.45. The van der Waals surface area contributed by atoms with Crippen LogP contribution in [0.15, 0.2) is 36.4 Å². The number of benzene rings is 1. The van der Waals surface area contributed by atoms with Crippen molar-refractivity contribution in [3.63, 3.8) is 0 Å². The number of aliphatic carboxylic acids is 1. The van der Waals surface area contributed by atoms with Crippen LogP contribution < -0.4 is 21.7 Å². The smallest absolute Gasteiger partial charge is 0.330 e. The van der Waals surface area contributed by atoms with E-state index >= 15 is 0 Å². The fraction of sp³-hybridized carbons (Fsp3) is 0.533. The molecule has 1 heterocycles. The molecule has 1 saturated heterocycles. The summed E-state index contributed by atoms with van der Waals surface area (Å²) in [5.74, 6) is -6.00. The van der Waals surface area contributed by atoms with E-state index in [1.807, 2.05) is 24.3 Å². The van der Waals surface area contributed by atoms with E-state index in [0.717, 1.165) is 24.0 Å². The predicted molar refractivity (Wildman–Crippen MR) is 159 cm³/mol. The quantitative estimate of drug-likeness (QED) is 0.127. The number of Topliss-reactive ketones (excluding diaryl/α,β-unsaturated/α-hetero) is 1. The molecule has 0 spiro atoms. The first-order chi connectivity index (χ1) is 20.7. The minimum atomic E-state index is -1.39. The number of fused-ring (bicyclic) bond motifs is 2. The van der Waals surface area contributed by atoms with Crippen molar-refractivity contribution in [2.24, 2.45) is 29.4 Å². The fourth-order valence-electron chi connectivity index (χ4n) is 6.58. The maximum absolute atomic E-state index is 14.3. The predicted octanol–water partition coefficient (Wildman–Crippen LogP) is 1.07. The Morgan fingerprint density at radius 3 is 2.20 bits per heavy atom. The lowest BCUT2D eigenvalue weighted by molar-refractivity contribution is -0.143. The van der Waals surface area contributed by atoms with Gasteiger partial charge in [-0.05, 0) is 54.7 Å². The van der Waals surface area contributed by atoms with Gasteiger partial charge in [-0.25, -0.2) is 9.59 Å². The monoisotopic (exact) mass is 647 g/mol. The van der Waals surface area contributed by atoms with Crippen LogP contribution in [0.3, 0.4) is 0 Å². The van der Waals surface area contributed by atoms with Crippen LogP contribution >= 0.6 is 23.2 Å². The van der Waals surface area contributed by atoms with E-state index in [1.54, 1.807) is 0 Å². The zero-order chi connectivity index (χ0) is 32.1. The highest BCUT2D eigenvalue weighted by Gasteiger charge is 2.74. The standard InChI is InChI=1S/C30H35Cl2N5O7/c1-13(2)21(28(42)43)35-29(44)36-22(17-10-15-5-3-4-6-16(15)11-17)27(41)37-12-18-20(30(18,31)32)23(37)26(40)34-19(9-14-7-8-14)24(38)25(33)39/h3-6,14,17-23H,1,7-12H2,2H3,(H2,33,39)(H,34,40)(H,42,43)(H2,35,36,44)/t18-,19?,20-,21-,22-,23-/m0/s1. The second-order valence-electron chi connectivity index (χ2n) is 12.4. The fourth-order valence-corrected chi connectivity index (χ4v) is 7.40. The van der Waals surface area contributed by atoms with Gasteiger partial charge in [-0.1, -0.05) is 43.7 Å². The summed E-state index contributed by atoms with van der Waals surface area (Å²) in [4.78, 5) is 78.5. The van der Waals surface area contributed by atoms with Crippen molar-refractivity contribution in [2.45, 2.75) is 67.5 Å².